The van der Waals surface area contributed by atoms with Gasteiger partial charge in [-0.2, -0.15) is 0 Å². The molecule has 4 aromatic rings. The van der Waals surface area contributed by atoms with Gasteiger partial charge in [0.15, 0.2) is 0 Å². The smallest absolute Gasteiger partial charge is 0.118 e. The first-order valence-corrected chi connectivity index (χ1v) is 11.1. The molecule has 6 nitrogen and oxygen atoms in total. The van der Waals surface area contributed by atoms with Crippen LogP contribution in [0.4, 0.5) is 0 Å². The fourth-order valence-corrected chi connectivity index (χ4v) is 4.55. The molecule has 0 aliphatic carbocycles. The van der Waals surface area contributed by atoms with Crippen molar-refractivity contribution in [1.29, 1.82) is 0 Å². The number of imidazole rings is 1. The van der Waals surface area contributed by atoms with Crippen molar-refractivity contribution in [2.45, 2.75) is 52.1 Å². The van der Waals surface area contributed by atoms with E-state index in [9.17, 15) is 0 Å². The Morgan fingerprint density at radius 3 is 2.68 bits per heavy atom. The van der Waals surface area contributed by atoms with Crippen LogP contribution in [-0.2, 0) is 6.54 Å². The van der Waals surface area contributed by atoms with Crippen molar-refractivity contribution in [3.8, 4) is 11.3 Å². The predicted octanol–water partition coefficient (Wildman–Crippen LogP) is 5.36. The van der Waals surface area contributed by atoms with Crippen LogP contribution in [0, 0.1) is 6.92 Å². The van der Waals surface area contributed by atoms with Crippen molar-refractivity contribution in [2.24, 2.45) is 0 Å². The molecule has 0 unspecified atom stereocenters. The average molecular weight is 416 g/mol. The third-order valence-electron chi connectivity index (χ3n) is 6.25. The highest BCUT2D eigenvalue weighted by atomic mass is 16.3. The van der Waals surface area contributed by atoms with Crippen LogP contribution >= 0.6 is 0 Å². The molecule has 0 N–H and O–H groups in total. The zero-order valence-corrected chi connectivity index (χ0v) is 18.5. The Morgan fingerprint density at radius 2 is 2.00 bits per heavy atom. The number of piperidine rings is 1. The Kier molecular flexibility index (Phi) is 5.32. The van der Waals surface area contributed by atoms with Gasteiger partial charge in [-0.1, -0.05) is 0 Å². The largest absolute Gasteiger partial charge is 0.465 e. The molecule has 5 heterocycles. The highest BCUT2D eigenvalue weighted by Gasteiger charge is 2.25. The molecule has 0 atom stereocenters. The maximum absolute atomic E-state index is 5.77. The molecule has 1 aliphatic heterocycles. The van der Waals surface area contributed by atoms with Crippen LogP contribution in [0.5, 0.6) is 0 Å². The lowest BCUT2D eigenvalue weighted by Crippen LogP contribution is -2.32. The lowest BCUT2D eigenvalue weighted by Gasteiger charge is -2.31. The molecule has 0 aromatic carbocycles. The van der Waals surface area contributed by atoms with Gasteiger partial charge in [0.2, 0.25) is 0 Å². The fourth-order valence-electron chi connectivity index (χ4n) is 4.55. The van der Waals surface area contributed by atoms with E-state index in [1.807, 2.05) is 31.6 Å². The first-order chi connectivity index (χ1) is 15.1. The van der Waals surface area contributed by atoms with E-state index in [1.165, 1.54) is 5.69 Å². The number of pyridine rings is 2. The summed E-state index contributed by atoms with van der Waals surface area (Å²) in [7, 11) is 0. The Balaban J connectivity index is 1.44. The summed E-state index contributed by atoms with van der Waals surface area (Å²) in [4.78, 5) is 16.6. The molecular weight excluding hydrogens is 386 g/mol. The zero-order chi connectivity index (χ0) is 21.4. The normalized spacial score (nSPS) is 15.9. The lowest BCUT2D eigenvalue weighted by atomic mass is 9.92. The van der Waals surface area contributed by atoms with Gasteiger partial charge in [-0.15, -0.1) is 0 Å². The van der Waals surface area contributed by atoms with Crippen LogP contribution < -0.4 is 0 Å². The van der Waals surface area contributed by atoms with Crippen LogP contribution in [0.25, 0.3) is 22.3 Å². The second-order valence-corrected chi connectivity index (χ2v) is 8.81. The summed E-state index contributed by atoms with van der Waals surface area (Å²) in [6.45, 7) is 9.37. The molecule has 0 amide bonds. The number of hydrogen-bond acceptors (Lipinski definition) is 5. The Labute approximate surface area is 183 Å². The number of fused-ring (bicyclic) bond motifs is 1. The molecular formula is C25H29N5O. The summed E-state index contributed by atoms with van der Waals surface area (Å²) in [6, 6.07) is 10.8. The molecule has 5 rings (SSSR count). The van der Waals surface area contributed by atoms with Crippen molar-refractivity contribution in [3.05, 3.63) is 66.3 Å². The summed E-state index contributed by atoms with van der Waals surface area (Å²) in [5.74, 6) is 2.48. The van der Waals surface area contributed by atoms with Gasteiger partial charge in [-0.3, -0.25) is 14.9 Å². The van der Waals surface area contributed by atoms with Gasteiger partial charge in [0.25, 0.3) is 0 Å². The highest BCUT2D eigenvalue weighted by Crippen LogP contribution is 2.34. The van der Waals surface area contributed by atoms with E-state index in [-0.39, 0.29) is 0 Å². The fraction of sp³-hybridized carbons (Fsp3) is 0.400. The van der Waals surface area contributed by atoms with E-state index in [2.05, 4.69) is 46.5 Å². The maximum atomic E-state index is 5.77. The van der Waals surface area contributed by atoms with Crippen molar-refractivity contribution in [2.75, 3.05) is 13.1 Å². The van der Waals surface area contributed by atoms with Crippen molar-refractivity contribution in [3.63, 3.8) is 0 Å². The highest BCUT2D eigenvalue weighted by molar-refractivity contribution is 5.90. The van der Waals surface area contributed by atoms with Crippen molar-refractivity contribution in [1.82, 2.24) is 24.4 Å². The predicted molar refractivity (Wildman–Crippen MR) is 122 cm³/mol. The van der Waals surface area contributed by atoms with E-state index < -0.39 is 0 Å². The van der Waals surface area contributed by atoms with E-state index in [0.29, 0.717) is 12.0 Å². The van der Waals surface area contributed by atoms with Gasteiger partial charge in [0.05, 0.1) is 24.1 Å². The summed E-state index contributed by atoms with van der Waals surface area (Å²) < 4.78 is 8.01. The first kappa shape index (κ1) is 19.9. The molecule has 31 heavy (non-hydrogen) atoms. The number of aryl methyl sites for hydroxylation is 1. The summed E-state index contributed by atoms with van der Waals surface area (Å²) >= 11 is 0. The SMILES string of the molecule is Cc1ccc(CN2CCC(c3cc4c(ncn4C(C)C)c(-c4cccnc4)n3)CC2)o1. The number of furan rings is 1. The molecule has 6 heteroatoms. The zero-order valence-electron chi connectivity index (χ0n) is 18.5. The number of rotatable bonds is 5. The Morgan fingerprint density at radius 1 is 1.16 bits per heavy atom. The Hall–Kier alpha value is -2.99. The Bertz CT molecular complexity index is 1170. The van der Waals surface area contributed by atoms with Gasteiger partial charge < -0.3 is 8.98 Å². The second-order valence-electron chi connectivity index (χ2n) is 8.81. The van der Waals surface area contributed by atoms with Crippen LogP contribution in [-0.4, -0.2) is 37.5 Å². The average Bonchev–Trinajstić information content (AvgIpc) is 3.40. The summed E-state index contributed by atoms with van der Waals surface area (Å²) in [5.41, 5.74) is 5.24. The van der Waals surface area contributed by atoms with E-state index in [4.69, 9.17) is 14.4 Å². The van der Waals surface area contributed by atoms with Gasteiger partial charge >= 0.3 is 0 Å². The van der Waals surface area contributed by atoms with Gasteiger partial charge in [-0.05, 0) is 77.0 Å². The van der Waals surface area contributed by atoms with Crippen LogP contribution in [0.15, 0.2) is 53.5 Å². The summed E-state index contributed by atoms with van der Waals surface area (Å²) in [5, 5.41) is 0. The minimum Gasteiger partial charge on any atom is -0.465 e. The van der Waals surface area contributed by atoms with E-state index in [1.54, 1.807) is 6.20 Å². The lowest BCUT2D eigenvalue weighted by molar-refractivity contribution is 0.189. The van der Waals surface area contributed by atoms with E-state index >= 15 is 0 Å². The molecule has 0 saturated carbocycles. The minimum absolute atomic E-state index is 0.348. The van der Waals surface area contributed by atoms with Crippen molar-refractivity contribution < 1.29 is 4.42 Å². The van der Waals surface area contributed by atoms with Gasteiger partial charge in [-0.25, -0.2) is 4.98 Å². The molecule has 4 aromatic heterocycles. The standard InChI is InChI=1S/C25H29N5O/c1-17(2)30-16-27-25-23(30)13-22(28-24(25)20-5-4-10-26-14-20)19-8-11-29(12-9-19)15-21-7-6-18(3)31-21/h4-7,10,13-14,16-17,19H,8-9,11-12,15H2,1-3H3. The third kappa shape index (κ3) is 4.00. The number of hydrogen-bond donors (Lipinski definition) is 0. The molecule has 1 saturated heterocycles. The van der Waals surface area contributed by atoms with Gasteiger partial charge in [0, 0.05) is 35.6 Å². The van der Waals surface area contributed by atoms with Crippen molar-refractivity contribution >= 4 is 11.0 Å². The molecule has 1 fully saturated rings. The first-order valence-electron chi connectivity index (χ1n) is 11.1. The molecule has 0 spiro atoms. The summed E-state index contributed by atoms with van der Waals surface area (Å²) in [6.07, 6.45) is 7.82. The topological polar surface area (TPSA) is 60.0 Å². The monoisotopic (exact) mass is 415 g/mol. The van der Waals surface area contributed by atoms with Crippen LogP contribution in [0.2, 0.25) is 0 Å². The van der Waals surface area contributed by atoms with Crippen LogP contribution in [0.1, 0.15) is 55.9 Å². The molecule has 160 valence electrons. The minimum atomic E-state index is 0.348. The third-order valence-corrected chi connectivity index (χ3v) is 6.25. The molecule has 0 bridgehead atoms. The maximum Gasteiger partial charge on any atom is 0.118 e. The van der Waals surface area contributed by atoms with Gasteiger partial charge in [0.1, 0.15) is 17.0 Å². The molecule has 1 aliphatic rings. The second kappa shape index (κ2) is 8.27. The molecule has 0 radical (unpaired) electrons. The quantitative estimate of drug-likeness (QED) is 0.439. The number of nitrogens with zero attached hydrogens (tertiary/aromatic N) is 5. The number of likely N-dealkylation sites (tertiary alicyclic amines) is 1. The van der Waals surface area contributed by atoms with Crippen LogP contribution in [0.3, 0.4) is 0 Å². The number of aromatic nitrogens is 4. The van der Waals surface area contributed by atoms with E-state index in [0.717, 1.165) is 66.3 Å².